The second-order valence-corrected chi connectivity index (χ2v) is 10.1. The van der Waals surface area contributed by atoms with E-state index in [1.807, 2.05) is 24.3 Å². The highest BCUT2D eigenvalue weighted by molar-refractivity contribution is 7.91. The molecular formula is C23H29N3O6S. The van der Waals surface area contributed by atoms with Crippen LogP contribution < -0.4 is 16.0 Å². The second-order valence-electron chi connectivity index (χ2n) is 8.14. The molecule has 1 saturated heterocycles. The molecule has 0 saturated carbocycles. The second kappa shape index (κ2) is 10.2. The number of nitrogens with zero attached hydrogens (tertiary/aromatic N) is 1. The lowest BCUT2D eigenvalue weighted by molar-refractivity contribution is -0.131. The molecule has 2 aromatic carbocycles. The zero-order chi connectivity index (χ0) is 24.2. The number of phenolic OH excluding ortho intramolecular Hbond substituents is 1. The normalized spacial score (nSPS) is 16.2. The molecular weight excluding hydrogens is 446 g/mol. The molecule has 1 atom stereocenters. The number of nitrogens with one attached hydrogen (secondary N) is 1. The van der Waals surface area contributed by atoms with Gasteiger partial charge in [0.2, 0.25) is 0 Å². The van der Waals surface area contributed by atoms with Gasteiger partial charge in [0.1, 0.15) is 10.6 Å². The average molecular weight is 476 g/mol. The predicted molar refractivity (Wildman–Crippen MR) is 127 cm³/mol. The summed E-state index contributed by atoms with van der Waals surface area (Å²) in [5, 5.41) is 32.5. The Morgan fingerprint density at radius 3 is 2.42 bits per heavy atom. The number of aromatic hydroxyl groups is 1. The summed E-state index contributed by atoms with van der Waals surface area (Å²) in [5.74, 6) is -1.42. The lowest BCUT2D eigenvalue weighted by Crippen LogP contribution is -2.43. The molecule has 1 fully saturated rings. The van der Waals surface area contributed by atoms with Crippen molar-refractivity contribution in [2.75, 3.05) is 36.5 Å². The number of carbonyl (C=O) groups is 1. The van der Waals surface area contributed by atoms with E-state index in [4.69, 9.17) is 10.8 Å². The van der Waals surface area contributed by atoms with Gasteiger partial charge >= 0.3 is 5.97 Å². The molecule has 0 unspecified atom stereocenters. The van der Waals surface area contributed by atoms with E-state index >= 15 is 0 Å². The molecule has 6 N–H and O–H groups in total. The van der Waals surface area contributed by atoms with Crippen molar-refractivity contribution in [3.8, 4) is 5.75 Å². The van der Waals surface area contributed by atoms with Crippen LogP contribution in [0.4, 0.5) is 11.4 Å². The molecule has 9 nitrogen and oxygen atoms in total. The van der Waals surface area contributed by atoms with Gasteiger partial charge in [-0.1, -0.05) is 18.2 Å². The molecule has 0 aromatic heterocycles. The van der Waals surface area contributed by atoms with E-state index in [1.54, 1.807) is 6.08 Å². The number of anilines is 2. The third-order valence-corrected chi connectivity index (χ3v) is 6.88. The van der Waals surface area contributed by atoms with Crippen molar-refractivity contribution < 1.29 is 28.5 Å². The summed E-state index contributed by atoms with van der Waals surface area (Å²) in [6.07, 6.45) is 4.30. The van der Waals surface area contributed by atoms with Crippen molar-refractivity contribution in [2.24, 2.45) is 0 Å². The number of nitrogen functional groups attached to an aromatic ring is 1. The molecule has 33 heavy (non-hydrogen) atoms. The van der Waals surface area contributed by atoms with E-state index in [-0.39, 0.29) is 28.7 Å². The van der Waals surface area contributed by atoms with Crippen LogP contribution in [0, 0.1) is 0 Å². The summed E-state index contributed by atoms with van der Waals surface area (Å²) in [6, 6.07) is 10.5. The van der Waals surface area contributed by atoms with Gasteiger partial charge in [0.15, 0.2) is 9.84 Å². The number of phenols is 1. The van der Waals surface area contributed by atoms with Gasteiger partial charge < -0.3 is 31.3 Å². The van der Waals surface area contributed by atoms with Gasteiger partial charge in [0, 0.05) is 49.3 Å². The van der Waals surface area contributed by atoms with Crippen LogP contribution in [0.2, 0.25) is 0 Å². The number of hydrogen-bond donors (Lipinski definition) is 5. The average Bonchev–Trinajstić information content (AvgIpc) is 2.76. The van der Waals surface area contributed by atoms with E-state index in [9.17, 15) is 23.4 Å². The van der Waals surface area contributed by atoms with Gasteiger partial charge in [-0.3, -0.25) is 0 Å². The van der Waals surface area contributed by atoms with Gasteiger partial charge in [-0.15, -0.1) is 0 Å². The first-order valence-electron chi connectivity index (χ1n) is 10.5. The summed E-state index contributed by atoms with van der Waals surface area (Å²) in [5.41, 5.74) is 7.94. The lowest BCUT2D eigenvalue weighted by atomic mass is 10.0. The fourth-order valence-corrected chi connectivity index (χ4v) is 4.94. The van der Waals surface area contributed by atoms with Crippen LogP contribution >= 0.6 is 0 Å². The molecule has 0 aliphatic carbocycles. The first-order valence-corrected chi connectivity index (χ1v) is 12.4. The maximum absolute atomic E-state index is 11.9. The van der Waals surface area contributed by atoms with Crippen molar-refractivity contribution in [2.45, 2.75) is 29.9 Å². The number of benzene rings is 2. The summed E-state index contributed by atoms with van der Waals surface area (Å²) in [6.45, 7) is 1.84. The van der Waals surface area contributed by atoms with Crippen molar-refractivity contribution >= 4 is 33.3 Å². The third kappa shape index (κ3) is 6.25. The Labute approximate surface area is 193 Å². The minimum Gasteiger partial charge on any atom is -0.507 e. The van der Waals surface area contributed by atoms with E-state index in [1.165, 1.54) is 12.1 Å². The molecule has 1 aliphatic rings. The molecule has 3 rings (SSSR count). The van der Waals surface area contributed by atoms with E-state index in [2.05, 4.69) is 10.2 Å². The maximum atomic E-state index is 11.9. The third-order valence-electron chi connectivity index (χ3n) is 5.71. The molecule has 2 aromatic rings. The zero-order valence-corrected chi connectivity index (χ0v) is 19.1. The van der Waals surface area contributed by atoms with Crippen molar-refractivity contribution in [3.05, 3.63) is 53.6 Å². The van der Waals surface area contributed by atoms with Crippen LogP contribution in [-0.4, -0.2) is 61.6 Å². The summed E-state index contributed by atoms with van der Waals surface area (Å²) < 4.78 is 23.8. The van der Waals surface area contributed by atoms with Gasteiger partial charge in [0.25, 0.3) is 0 Å². The SMILES string of the molecule is CS(=O)(=O)c1c(O)ccc([C@@H](O)CNC2CCN(c3ccc(/C=C/C(=O)O)cc3)CC2)c1N. The fraction of sp³-hybridized carbons (Fsp3) is 0.348. The van der Waals surface area contributed by atoms with E-state index < -0.39 is 27.7 Å². The monoisotopic (exact) mass is 475 g/mol. The van der Waals surface area contributed by atoms with E-state index in [0.29, 0.717) is 0 Å². The number of rotatable bonds is 8. The Hall–Kier alpha value is -3.08. The lowest BCUT2D eigenvalue weighted by Gasteiger charge is -2.34. The smallest absolute Gasteiger partial charge is 0.328 e. The van der Waals surface area contributed by atoms with E-state index in [0.717, 1.165) is 49.5 Å². The Morgan fingerprint density at radius 2 is 1.85 bits per heavy atom. The number of aliphatic hydroxyl groups is 1. The van der Waals surface area contributed by atoms with Gasteiger partial charge in [-0.2, -0.15) is 0 Å². The molecule has 1 aliphatic heterocycles. The first kappa shape index (κ1) is 24.6. The summed E-state index contributed by atoms with van der Waals surface area (Å²) in [7, 11) is -3.74. The van der Waals surface area contributed by atoms with Crippen LogP contribution in [0.25, 0.3) is 6.08 Å². The number of nitrogens with two attached hydrogens (primary N) is 1. The highest BCUT2D eigenvalue weighted by Crippen LogP contribution is 2.34. The summed E-state index contributed by atoms with van der Waals surface area (Å²) >= 11 is 0. The number of sulfone groups is 1. The Morgan fingerprint density at radius 1 is 1.21 bits per heavy atom. The molecule has 0 amide bonds. The van der Waals surface area contributed by atoms with Crippen LogP contribution in [-0.2, 0) is 14.6 Å². The van der Waals surface area contributed by atoms with Crippen LogP contribution in [0.15, 0.2) is 47.4 Å². The zero-order valence-electron chi connectivity index (χ0n) is 18.3. The highest BCUT2D eigenvalue weighted by Gasteiger charge is 2.24. The topological polar surface area (TPSA) is 153 Å². The Balaban J connectivity index is 1.54. The molecule has 0 bridgehead atoms. The Kier molecular flexibility index (Phi) is 7.62. The maximum Gasteiger partial charge on any atom is 0.328 e. The van der Waals surface area contributed by atoms with Crippen LogP contribution in [0.5, 0.6) is 5.75 Å². The van der Waals surface area contributed by atoms with Crippen molar-refractivity contribution in [1.82, 2.24) is 5.32 Å². The highest BCUT2D eigenvalue weighted by atomic mass is 32.2. The number of aliphatic carboxylic acids is 1. The van der Waals surface area contributed by atoms with Crippen molar-refractivity contribution in [1.29, 1.82) is 0 Å². The minimum absolute atomic E-state index is 0.136. The van der Waals surface area contributed by atoms with Gasteiger partial charge in [-0.05, 0) is 42.7 Å². The van der Waals surface area contributed by atoms with Gasteiger partial charge in [0.05, 0.1) is 11.8 Å². The molecule has 0 spiro atoms. The number of carboxylic acid groups (broad SMARTS) is 1. The van der Waals surface area contributed by atoms with Crippen LogP contribution in [0.1, 0.15) is 30.1 Å². The molecule has 1 heterocycles. The number of aliphatic hydroxyl groups excluding tert-OH is 1. The Bertz CT molecular complexity index is 1120. The molecule has 0 radical (unpaired) electrons. The first-order chi connectivity index (χ1) is 15.6. The quantitative estimate of drug-likeness (QED) is 0.284. The van der Waals surface area contributed by atoms with Crippen molar-refractivity contribution in [3.63, 3.8) is 0 Å². The molecule has 178 valence electrons. The largest absolute Gasteiger partial charge is 0.507 e. The number of carboxylic acids is 1. The van der Waals surface area contributed by atoms with Crippen LogP contribution in [0.3, 0.4) is 0 Å². The number of piperidine rings is 1. The fourth-order valence-electron chi connectivity index (χ4n) is 3.98. The standard InChI is InChI=1S/C23H29N3O6S/c1-33(31,32)23-19(27)8-7-18(22(23)24)20(28)14-25-16-10-12-26(13-11-16)17-5-2-15(3-6-17)4-9-21(29)30/h2-9,16,20,25,27-28H,10-14,24H2,1H3,(H,29,30)/b9-4+/t20-/m0/s1. The number of hydrogen-bond acceptors (Lipinski definition) is 8. The minimum atomic E-state index is -3.74. The van der Waals surface area contributed by atoms with Gasteiger partial charge in [-0.25, -0.2) is 13.2 Å². The molecule has 10 heteroatoms. The summed E-state index contributed by atoms with van der Waals surface area (Å²) in [4.78, 5) is 12.5. The predicted octanol–water partition coefficient (Wildman–Crippen LogP) is 1.77.